The number of methoxy groups -OCH3 is 2. The minimum absolute atomic E-state index is 0.0160. The van der Waals surface area contributed by atoms with Crippen LogP contribution in [0.1, 0.15) is 40.4 Å². The molecule has 0 amide bonds. The van der Waals surface area contributed by atoms with E-state index in [4.69, 9.17) is 40.0 Å². The highest BCUT2D eigenvalue weighted by atomic mass is 35.5. The minimum Gasteiger partial charge on any atom is -0.497 e. The summed E-state index contributed by atoms with van der Waals surface area (Å²) in [5.41, 5.74) is 2.85. The number of hydrogen-bond acceptors (Lipinski definition) is 8. The number of ether oxygens (including phenoxy) is 6. The average Bonchev–Trinajstić information content (AvgIpc) is 3.53. The van der Waals surface area contributed by atoms with Gasteiger partial charge in [0.05, 0.1) is 26.4 Å². The molecule has 0 unspecified atom stereocenters. The third kappa shape index (κ3) is 7.56. The molecule has 2 N–H and O–H groups in total. The monoisotopic (exact) mass is 660 g/mol. The Morgan fingerprint density at radius 1 is 0.872 bits per heavy atom. The van der Waals surface area contributed by atoms with Gasteiger partial charge in [0, 0.05) is 51.4 Å². The molecule has 47 heavy (non-hydrogen) atoms. The normalized spacial score (nSPS) is 12.0. The van der Waals surface area contributed by atoms with E-state index < -0.39 is 11.9 Å². The molecule has 0 aliphatic carbocycles. The predicted molar refractivity (Wildman–Crippen MR) is 175 cm³/mol. The van der Waals surface area contributed by atoms with E-state index in [0.29, 0.717) is 73.9 Å². The number of rotatable bonds is 14. The van der Waals surface area contributed by atoms with E-state index in [1.54, 1.807) is 66.7 Å². The highest BCUT2D eigenvalue weighted by Gasteiger charge is 2.23. The van der Waals surface area contributed by atoms with Crippen LogP contribution in [0.2, 0.25) is 5.02 Å². The van der Waals surface area contributed by atoms with Crippen LogP contribution in [-0.4, -0.2) is 49.8 Å². The van der Waals surface area contributed by atoms with Crippen molar-refractivity contribution in [2.24, 2.45) is 0 Å². The molecule has 1 aliphatic rings. The van der Waals surface area contributed by atoms with E-state index in [9.17, 15) is 19.8 Å². The molecular formula is C36H33ClO10. The van der Waals surface area contributed by atoms with Crippen molar-refractivity contribution in [2.45, 2.75) is 26.4 Å². The maximum absolute atomic E-state index is 12.7. The largest absolute Gasteiger partial charge is 0.497 e. The lowest BCUT2D eigenvalue weighted by atomic mass is 9.94. The molecule has 0 fully saturated rings. The van der Waals surface area contributed by atoms with Crippen LogP contribution in [0.4, 0.5) is 0 Å². The van der Waals surface area contributed by atoms with Gasteiger partial charge in [0.25, 0.3) is 0 Å². The lowest BCUT2D eigenvalue weighted by Gasteiger charge is -2.19. The SMILES string of the molecule is CCCOc1cccc(C=C(Cc2cc3c(cc2OC)OCO3)C(=O)O)c1-c1ccc(OC)cc1OCc1ccc(Cl)cc1C(=O)O. The Morgan fingerprint density at radius 3 is 2.36 bits per heavy atom. The first-order valence-corrected chi connectivity index (χ1v) is 15.1. The summed E-state index contributed by atoms with van der Waals surface area (Å²) in [4.78, 5) is 24.6. The standard InChI is InChI=1S/C36H33ClO10/c1-4-12-44-29-7-5-6-21(13-24(35(38)39)14-23-15-32-33(47-20-46-32)18-30(23)43-3)34(29)27-11-10-26(42-2)17-31(27)45-19-22-8-9-25(37)16-28(22)36(40)41/h5-11,13,15-18H,4,12,14,19-20H2,1-3H3,(H,38,39)(H,40,41). The van der Waals surface area contributed by atoms with E-state index in [1.807, 2.05) is 6.92 Å². The number of carboxylic acid groups (broad SMARTS) is 2. The fraction of sp³-hybridized carbons (Fsp3) is 0.222. The molecule has 10 nitrogen and oxygen atoms in total. The number of hydrogen-bond donors (Lipinski definition) is 2. The van der Waals surface area contributed by atoms with Crippen molar-refractivity contribution in [1.29, 1.82) is 0 Å². The molecule has 0 atom stereocenters. The molecule has 11 heteroatoms. The fourth-order valence-electron chi connectivity index (χ4n) is 5.15. The van der Waals surface area contributed by atoms with Crippen molar-refractivity contribution in [3.05, 3.63) is 99.6 Å². The summed E-state index contributed by atoms with van der Waals surface area (Å²) in [7, 11) is 3.03. The second-order valence-electron chi connectivity index (χ2n) is 10.5. The first kappa shape index (κ1) is 33.0. The molecular weight excluding hydrogens is 628 g/mol. The van der Waals surface area contributed by atoms with Gasteiger partial charge in [-0.25, -0.2) is 9.59 Å². The van der Waals surface area contributed by atoms with E-state index in [-0.39, 0.29) is 31.0 Å². The summed E-state index contributed by atoms with van der Waals surface area (Å²) in [6.07, 6.45) is 2.36. The average molecular weight is 661 g/mol. The molecule has 4 aromatic rings. The fourth-order valence-corrected chi connectivity index (χ4v) is 5.32. The Bertz CT molecular complexity index is 1830. The Morgan fingerprint density at radius 2 is 1.66 bits per heavy atom. The lowest BCUT2D eigenvalue weighted by molar-refractivity contribution is -0.132. The second kappa shape index (κ2) is 14.8. The zero-order chi connectivity index (χ0) is 33.5. The molecule has 0 radical (unpaired) electrons. The summed E-state index contributed by atoms with van der Waals surface area (Å²) in [6, 6.07) is 18.6. The topological polar surface area (TPSA) is 130 Å². The Kier molecular flexibility index (Phi) is 10.4. The molecule has 0 aromatic heterocycles. The van der Waals surface area contributed by atoms with Crippen LogP contribution >= 0.6 is 11.6 Å². The first-order chi connectivity index (χ1) is 22.7. The maximum atomic E-state index is 12.7. The summed E-state index contributed by atoms with van der Waals surface area (Å²) in [5.74, 6) is 0.627. The molecule has 5 rings (SSSR count). The maximum Gasteiger partial charge on any atom is 0.336 e. The minimum atomic E-state index is -1.14. The van der Waals surface area contributed by atoms with Gasteiger partial charge in [0.2, 0.25) is 6.79 Å². The number of fused-ring (bicyclic) bond motifs is 1. The van der Waals surface area contributed by atoms with Crippen molar-refractivity contribution in [3.8, 4) is 45.6 Å². The summed E-state index contributed by atoms with van der Waals surface area (Å²) in [6.45, 7) is 2.38. The Hall–Kier alpha value is -5.35. The molecule has 0 bridgehead atoms. The van der Waals surface area contributed by atoms with Crippen LogP contribution in [0, 0.1) is 0 Å². The summed E-state index contributed by atoms with van der Waals surface area (Å²) < 4.78 is 34.4. The van der Waals surface area contributed by atoms with Crippen LogP contribution in [0.3, 0.4) is 0 Å². The number of aliphatic carboxylic acids is 1. The van der Waals surface area contributed by atoms with Gasteiger partial charge in [-0.05, 0) is 54.5 Å². The third-order valence-electron chi connectivity index (χ3n) is 7.42. The van der Waals surface area contributed by atoms with Gasteiger partial charge in [0.15, 0.2) is 11.5 Å². The smallest absolute Gasteiger partial charge is 0.336 e. The molecule has 1 aliphatic heterocycles. The number of halogens is 1. The van der Waals surface area contributed by atoms with E-state index in [0.717, 1.165) is 6.42 Å². The lowest BCUT2D eigenvalue weighted by Crippen LogP contribution is -2.07. The highest BCUT2D eigenvalue weighted by molar-refractivity contribution is 6.31. The quantitative estimate of drug-likeness (QED) is 0.131. The number of carbonyl (C=O) groups is 2. The predicted octanol–water partition coefficient (Wildman–Crippen LogP) is 7.53. The molecule has 4 aromatic carbocycles. The summed E-state index contributed by atoms with van der Waals surface area (Å²) in [5, 5.41) is 20.4. The van der Waals surface area contributed by atoms with E-state index >= 15 is 0 Å². The van der Waals surface area contributed by atoms with E-state index in [1.165, 1.54) is 20.3 Å². The molecule has 1 heterocycles. The molecule has 0 saturated carbocycles. The van der Waals surface area contributed by atoms with Gasteiger partial charge in [-0.1, -0.05) is 36.7 Å². The van der Waals surface area contributed by atoms with Gasteiger partial charge < -0.3 is 38.6 Å². The molecule has 0 spiro atoms. The van der Waals surface area contributed by atoms with Gasteiger partial charge in [-0.3, -0.25) is 0 Å². The van der Waals surface area contributed by atoms with E-state index in [2.05, 4.69) is 0 Å². The van der Waals surface area contributed by atoms with Crippen molar-refractivity contribution in [2.75, 3.05) is 27.6 Å². The number of benzene rings is 4. The Balaban J connectivity index is 1.61. The zero-order valence-corrected chi connectivity index (χ0v) is 26.8. The molecule has 0 saturated heterocycles. The Labute approximate surface area is 276 Å². The highest BCUT2D eigenvalue weighted by Crippen LogP contribution is 2.43. The zero-order valence-electron chi connectivity index (χ0n) is 26.0. The third-order valence-corrected chi connectivity index (χ3v) is 7.66. The summed E-state index contributed by atoms with van der Waals surface area (Å²) >= 11 is 6.06. The van der Waals surface area contributed by atoms with Crippen molar-refractivity contribution in [3.63, 3.8) is 0 Å². The van der Waals surface area contributed by atoms with Crippen molar-refractivity contribution < 1.29 is 48.2 Å². The first-order valence-electron chi connectivity index (χ1n) is 14.7. The van der Waals surface area contributed by atoms with Crippen LogP contribution in [-0.2, 0) is 17.8 Å². The number of aromatic carboxylic acids is 1. The van der Waals surface area contributed by atoms with Crippen molar-refractivity contribution >= 4 is 29.6 Å². The van der Waals surface area contributed by atoms with Crippen LogP contribution in [0.5, 0.6) is 34.5 Å². The van der Waals surface area contributed by atoms with Gasteiger partial charge in [-0.2, -0.15) is 0 Å². The second-order valence-corrected chi connectivity index (χ2v) is 10.9. The van der Waals surface area contributed by atoms with Gasteiger partial charge >= 0.3 is 11.9 Å². The van der Waals surface area contributed by atoms with Crippen LogP contribution < -0.4 is 28.4 Å². The van der Waals surface area contributed by atoms with Gasteiger partial charge in [0.1, 0.15) is 29.6 Å². The molecule has 244 valence electrons. The van der Waals surface area contributed by atoms with Crippen molar-refractivity contribution in [1.82, 2.24) is 0 Å². The van der Waals surface area contributed by atoms with Gasteiger partial charge in [-0.15, -0.1) is 0 Å². The van der Waals surface area contributed by atoms with Crippen LogP contribution in [0.25, 0.3) is 17.2 Å². The van der Waals surface area contributed by atoms with Crippen LogP contribution in [0.15, 0.2) is 72.3 Å². The number of carboxylic acids is 2.